The van der Waals surface area contributed by atoms with E-state index in [1.807, 2.05) is 41.5 Å². The van der Waals surface area contributed by atoms with Crippen LogP contribution in [0.15, 0.2) is 0 Å². The van der Waals surface area contributed by atoms with Crippen molar-refractivity contribution in [2.45, 2.75) is 65.1 Å². The Morgan fingerprint density at radius 2 is 0.677 bits per heavy atom. The summed E-state index contributed by atoms with van der Waals surface area (Å²) in [7, 11) is 6.87. The Kier molecular flexibility index (Phi) is 22.6. The molecule has 0 aliphatic heterocycles. The molecule has 0 aliphatic rings. The van der Waals surface area contributed by atoms with Crippen LogP contribution in [0.4, 0.5) is 0 Å². The molecule has 0 aromatic rings. The van der Waals surface area contributed by atoms with Gasteiger partial charge in [0, 0.05) is 39.6 Å². The second-order valence-electron chi connectivity index (χ2n) is 5.62. The Bertz CT molecular complexity index is 364. The molecule has 0 N–H and O–H groups in total. The van der Waals surface area contributed by atoms with Crippen molar-refractivity contribution in [2.24, 2.45) is 0 Å². The molecule has 31 heavy (non-hydrogen) atoms. The van der Waals surface area contributed by atoms with Gasteiger partial charge in [-0.3, -0.25) is 0 Å². The molecular formula is C16H38O6S7Si2. The van der Waals surface area contributed by atoms with Gasteiger partial charge in [0.1, 0.15) is 0 Å². The van der Waals surface area contributed by atoms with Crippen molar-refractivity contribution in [3.63, 3.8) is 0 Å². The van der Waals surface area contributed by atoms with Crippen molar-refractivity contribution >= 4 is 88.3 Å². The fourth-order valence-corrected chi connectivity index (χ4v) is 27.1. The maximum absolute atomic E-state index is 5.99. The first-order valence-corrected chi connectivity index (χ1v) is 22.9. The van der Waals surface area contributed by atoms with Gasteiger partial charge in [0.05, 0.1) is 9.75 Å². The van der Waals surface area contributed by atoms with Crippen LogP contribution in [-0.2, 0) is 26.6 Å². The van der Waals surface area contributed by atoms with Gasteiger partial charge in [-0.2, -0.15) is 0 Å². The first-order chi connectivity index (χ1) is 14.9. The van der Waals surface area contributed by atoms with Crippen LogP contribution in [0.2, 0.25) is 0 Å². The molecule has 2 unspecified atom stereocenters. The molecule has 0 aromatic heterocycles. The van der Waals surface area contributed by atoms with E-state index < -0.39 is 17.6 Å². The van der Waals surface area contributed by atoms with E-state index in [1.54, 1.807) is 70.7 Å². The zero-order valence-electron chi connectivity index (χ0n) is 19.7. The molecule has 0 radical (unpaired) electrons. The molecule has 0 spiro atoms. The van der Waals surface area contributed by atoms with E-state index in [1.165, 1.54) is 0 Å². The molecule has 188 valence electrons. The molecule has 0 bridgehead atoms. The van der Waals surface area contributed by atoms with Crippen LogP contribution in [0.1, 0.15) is 55.4 Å². The minimum Gasteiger partial charge on any atom is -0.373 e. The van der Waals surface area contributed by atoms with Crippen LogP contribution < -0.4 is 0 Å². The average molecular weight is 607 g/mol. The topological polar surface area (TPSA) is 55.4 Å². The Morgan fingerprint density at radius 3 is 0.903 bits per heavy atom. The van der Waals surface area contributed by atoms with Gasteiger partial charge in [-0.25, -0.2) is 0 Å². The standard InChI is InChI=1S/C16H38O6S7Si2/c1-9-17-30(18-10-2,19-11-3)15(7)23-25-27-29-28-26-24-16(8)31(20-12-4,21-13-5)22-14-6/h15-16H,9-14H2,1-8H3. The normalized spacial score (nSPS) is 14.7. The summed E-state index contributed by atoms with van der Waals surface area (Å²) >= 11 is 0. The fourth-order valence-electron chi connectivity index (χ4n) is 2.46. The van der Waals surface area contributed by atoms with E-state index in [4.69, 9.17) is 26.6 Å². The Labute approximate surface area is 218 Å². The quantitative estimate of drug-likeness (QED) is 0.0692. The van der Waals surface area contributed by atoms with Crippen LogP contribution in [0.5, 0.6) is 0 Å². The Morgan fingerprint density at radius 1 is 0.452 bits per heavy atom. The van der Waals surface area contributed by atoms with Gasteiger partial charge in [0.25, 0.3) is 0 Å². The van der Waals surface area contributed by atoms with E-state index in [9.17, 15) is 0 Å². The molecule has 0 saturated carbocycles. The molecule has 6 nitrogen and oxygen atoms in total. The molecule has 15 heteroatoms. The highest BCUT2D eigenvalue weighted by atomic mass is 33.9. The molecule has 0 aliphatic carbocycles. The monoisotopic (exact) mass is 606 g/mol. The lowest BCUT2D eigenvalue weighted by Crippen LogP contribution is -2.54. The highest BCUT2D eigenvalue weighted by molar-refractivity contribution is 9.46. The Hall–Kier alpha value is 2.64. The third-order valence-corrected chi connectivity index (χ3v) is 26.4. The first kappa shape index (κ1) is 33.6. The predicted molar refractivity (Wildman–Crippen MR) is 153 cm³/mol. The molecular weight excluding hydrogens is 569 g/mol. The first-order valence-electron chi connectivity index (χ1n) is 10.4. The van der Waals surface area contributed by atoms with E-state index >= 15 is 0 Å². The van der Waals surface area contributed by atoms with E-state index in [-0.39, 0.29) is 9.75 Å². The summed E-state index contributed by atoms with van der Waals surface area (Å²) in [5, 5.41) is 0. The third kappa shape index (κ3) is 13.0. The highest BCUT2D eigenvalue weighted by Gasteiger charge is 2.48. The van der Waals surface area contributed by atoms with Gasteiger partial charge < -0.3 is 26.6 Å². The lowest BCUT2D eigenvalue weighted by atomic mass is 10.9. The molecule has 0 heterocycles. The van der Waals surface area contributed by atoms with Gasteiger partial charge in [-0.05, 0) is 105 Å². The lowest BCUT2D eigenvalue weighted by molar-refractivity contribution is 0.0701. The smallest absolute Gasteiger partial charge is 0.373 e. The number of rotatable bonds is 22. The van der Waals surface area contributed by atoms with Gasteiger partial charge >= 0.3 is 17.6 Å². The highest BCUT2D eigenvalue weighted by Crippen LogP contribution is 2.57. The molecule has 0 fully saturated rings. The summed E-state index contributed by atoms with van der Waals surface area (Å²) < 4.78 is 35.9. The summed E-state index contributed by atoms with van der Waals surface area (Å²) in [6.45, 7) is 19.8. The molecule has 2 atom stereocenters. The van der Waals surface area contributed by atoms with Crippen LogP contribution in [0.25, 0.3) is 0 Å². The van der Waals surface area contributed by atoms with Crippen molar-refractivity contribution in [2.75, 3.05) is 39.6 Å². The van der Waals surface area contributed by atoms with Crippen LogP contribution in [-0.4, -0.2) is 67.0 Å². The van der Waals surface area contributed by atoms with Crippen molar-refractivity contribution in [1.29, 1.82) is 0 Å². The van der Waals surface area contributed by atoms with Gasteiger partial charge in [0.2, 0.25) is 0 Å². The second kappa shape index (κ2) is 20.8. The number of hydrogen-bond donors (Lipinski definition) is 0. The third-order valence-electron chi connectivity index (χ3n) is 3.55. The maximum atomic E-state index is 5.99. The van der Waals surface area contributed by atoms with E-state index in [2.05, 4.69) is 13.8 Å². The zero-order chi connectivity index (χ0) is 23.6. The summed E-state index contributed by atoms with van der Waals surface area (Å²) in [5.74, 6) is 0. The lowest BCUT2D eigenvalue weighted by Gasteiger charge is -2.32. The van der Waals surface area contributed by atoms with Gasteiger partial charge in [0.15, 0.2) is 0 Å². The largest absolute Gasteiger partial charge is 0.515 e. The molecule has 0 amide bonds. The second-order valence-corrected chi connectivity index (χ2v) is 24.1. The summed E-state index contributed by atoms with van der Waals surface area (Å²) in [4.78, 5) is 0.320. The SMILES string of the molecule is CCO[Si](OCC)(OCC)C(C)SSSSSSSC(C)[Si](OCC)(OCC)OCC. The minimum atomic E-state index is -2.67. The van der Waals surface area contributed by atoms with Crippen molar-refractivity contribution in [1.82, 2.24) is 0 Å². The predicted octanol–water partition coefficient (Wildman–Crippen LogP) is 7.56. The fraction of sp³-hybridized carbons (Fsp3) is 1.00. The average Bonchev–Trinajstić information content (AvgIpc) is 2.73. The van der Waals surface area contributed by atoms with Crippen molar-refractivity contribution in [3.05, 3.63) is 0 Å². The summed E-state index contributed by atoms with van der Waals surface area (Å²) in [6.07, 6.45) is 0. The van der Waals surface area contributed by atoms with Crippen LogP contribution >= 0.6 is 70.7 Å². The van der Waals surface area contributed by atoms with Crippen LogP contribution in [0, 0.1) is 0 Å². The van der Waals surface area contributed by atoms with Gasteiger partial charge in [-0.1, -0.05) is 21.6 Å². The Balaban J connectivity index is 4.38. The van der Waals surface area contributed by atoms with Crippen LogP contribution in [0.3, 0.4) is 0 Å². The molecule has 0 rings (SSSR count). The van der Waals surface area contributed by atoms with Crippen molar-refractivity contribution in [3.8, 4) is 0 Å². The van der Waals surface area contributed by atoms with E-state index in [0.717, 1.165) is 0 Å². The minimum absolute atomic E-state index is 0.160. The van der Waals surface area contributed by atoms with E-state index in [0.29, 0.717) is 39.6 Å². The van der Waals surface area contributed by atoms with Gasteiger partial charge in [-0.15, -0.1) is 0 Å². The molecule has 0 saturated heterocycles. The van der Waals surface area contributed by atoms with Crippen molar-refractivity contribution < 1.29 is 26.6 Å². The molecule has 0 aromatic carbocycles. The zero-order valence-corrected chi connectivity index (χ0v) is 27.4. The summed E-state index contributed by atoms with van der Waals surface area (Å²) in [5.41, 5.74) is 0. The maximum Gasteiger partial charge on any atom is 0.515 e. The summed E-state index contributed by atoms with van der Waals surface area (Å²) in [6, 6.07) is 0. The number of hydrogen-bond acceptors (Lipinski definition) is 13.